The average molecular weight is 429 g/mol. The normalized spacial score (nSPS) is 29.6. The molecule has 0 radical (unpaired) electrons. The van der Waals surface area contributed by atoms with Crippen LogP contribution < -0.4 is 5.73 Å². The maximum Gasteiger partial charge on any atom is 0.0162 e. The summed E-state index contributed by atoms with van der Waals surface area (Å²) in [4.78, 5) is 2.24. The first-order valence-electron chi connectivity index (χ1n) is 12.8. The van der Waals surface area contributed by atoms with Crippen LogP contribution in [0, 0.1) is 17.8 Å². The number of hydrogen-bond acceptors (Lipinski definition) is 2. The van der Waals surface area contributed by atoms with Crippen molar-refractivity contribution in [3.63, 3.8) is 0 Å². The molecule has 0 amide bonds. The summed E-state index contributed by atoms with van der Waals surface area (Å²) in [6.45, 7) is 1.09. The van der Waals surface area contributed by atoms with Gasteiger partial charge in [0.1, 0.15) is 0 Å². The van der Waals surface area contributed by atoms with Gasteiger partial charge in [0.25, 0.3) is 0 Å². The van der Waals surface area contributed by atoms with Gasteiger partial charge in [0.05, 0.1) is 0 Å². The Bertz CT molecular complexity index is 886. The minimum Gasteiger partial charge on any atom is -0.325 e. The molecule has 4 bridgehead atoms. The van der Waals surface area contributed by atoms with E-state index < -0.39 is 0 Å². The van der Waals surface area contributed by atoms with Crippen LogP contribution in [0.5, 0.6) is 0 Å². The van der Waals surface area contributed by atoms with Crippen LogP contribution in [0.2, 0.25) is 0 Å². The van der Waals surface area contributed by atoms with Crippen LogP contribution >= 0.6 is 0 Å². The van der Waals surface area contributed by atoms with Crippen LogP contribution in [-0.4, -0.2) is 31.1 Å². The molecule has 2 nitrogen and oxygen atoms in total. The second kappa shape index (κ2) is 9.15. The number of nitrogens with two attached hydrogens (primary N) is 1. The standard InChI is InChI=1S/C20H23N.C10H17N/c1-21(2)15-7-12-20-18-10-5-3-8-16(18)13-14-17-9-4-6-11-19(17)20;11-10-4-7-1-8(5-10)3-9(2-7)6-10/h3-6,8-12H,7,13-15H2,1-2H3;7-9H,1-6,11H2. The van der Waals surface area contributed by atoms with Gasteiger partial charge in [-0.25, -0.2) is 0 Å². The summed E-state index contributed by atoms with van der Waals surface area (Å²) in [6, 6.07) is 17.7. The van der Waals surface area contributed by atoms with Crippen molar-refractivity contribution in [3.8, 4) is 0 Å². The Morgan fingerprint density at radius 1 is 0.812 bits per heavy atom. The molecule has 4 saturated carbocycles. The van der Waals surface area contributed by atoms with Crippen LogP contribution in [0.3, 0.4) is 0 Å². The highest BCUT2D eigenvalue weighted by molar-refractivity contribution is 5.83. The zero-order valence-electron chi connectivity index (χ0n) is 20.0. The van der Waals surface area contributed by atoms with Crippen LogP contribution in [0.4, 0.5) is 0 Å². The number of aryl methyl sites for hydroxylation is 2. The second-order valence-electron chi connectivity index (χ2n) is 11.3. The monoisotopic (exact) mass is 428 g/mol. The van der Waals surface area contributed by atoms with E-state index in [1.54, 1.807) is 0 Å². The van der Waals surface area contributed by atoms with Gasteiger partial charge >= 0.3 is 0 Å². The number of nitrogens with zero attached hydrogens (tertiary/aromatic N) is 1. The lowest BCUT2D eigenvalue weighted by molar-refractivity contribution is 0.000365. The Balaban J connectivity index is 0.000000163. The van der Waals surface area contributed by atoms with Crippen molar-refractivity contribution in [2.24, 2.45) is 23.5 Å². The molecule has 0 unspecified atom stereocenters. The number of benzene rings is 2. The third kappa shape index (κ3) is 4.72. The maximum absolute atomic E-state index is 6.32. The molecule has 4 fully saturated rings. The quantitative estimate of drug-likeness (QED) is 0.642. The minimum atomic E-state index is 0.300. The van der Waals surface area contributed by atoms with Gasteiger partial charge in [0, 0.05) is 12.1 Å². The van der Waals surface area contributed by atoms with Gasteiger partial charge in [-0.15, -0.1) is 0 Å². The van der Waals surface area contributed by atoms with Crippen molar-refractivity contribution in [1.29, 1.82) is 0 Å². The number of fused-ring (bicyclic) bond motifs is 2. The SMILES string of the molecule is CN(C)CCC=C1c2ccccc2CCc2ccccc21.NC12CC3CC(CC(C3)C1)C2. The van der Waals surface area contributed by atoms with Gasteiger partial charge in [0.15, 0.2) is 0 Å². The molecule has 7 rings (SSSR count). The fraction of sp³-hybridized carbons (Fsp3) is 0.533. The van der Waals surface area contributed by atoms with Crippen LogP contribution in [0.15, 0.2) is 54.6 Å². The van der Waals surface area contributed by atoms with Crippen molar-refractivity contribution in [3.05, 3.63) is 76.9 Å². The summed E-state index contributed by atoms with van der Waals surface area (Å²) in [5, 5.41) is 0. The van der Waals surface area contributed by atoms with E-state index in [0.717, 1.165) is 43.6 Å². The van der Waals surface area contributed by atoms with Gasteiger partial charge in [0.2, 0.25) is 0 Å². The van der Waals surface area contributed by atoms with Gasteiger partial charge in [-0.05, 0) is 117 Å². The van der Waals surface area contributed by atoms with E-state index in [4.69, 9.17) is 5.73 Å². The predicted molar refractivity (Wildman–Crippen MR) is 136 cm³/mol. The molecule has 0 saturated heterocycles. The lowest BCUT2D eigenvalue weighted by Crippen LogP contribution is -2.55. The average Bonchev–Trinajstić information content (AvgIpc) is 2.90. The van der Waals surface area contributed by atoms with Crippen molar-refractivity contribution in [2.45, 2.75) is 63.3 Å². The van der Waals surface area contributed by atoms with Crippen LogP contribution in [-0.2, 0) is 12.8 Å². The first-order chi connectivity index (χ1) is 15.5. The third-order valence-corrected chi connectivity index (χ3v) is 8.29. The molecule has 2 N–H and O–H groups in total. The molecule has 0 atom stereocenters. The first kappa shape index (κ1) is 21.9. The molecule has 2 aromatic carbocycles. The van der Waals surface area contributed by atoms with Crippen molar-refractivity contribution < 1.29 is 0 Å². The lowest BCUT2D eigenvalue weighted by Gasteiger charge is -2.55. The Hall–Kier alpha value is -1.90. The summed E-state index contributed by atoms with van der Waals surface area (Å²) >= 11 is 0. The molecule has 32 heavy (non-hydrogen) atoms. The zero-order chi connectivity index (χ0) is 22.1. The van der Waals surface area contributed by atoms with E-state index >= 15 is 0 Å². The molecule has 0 aliphatic heterocycles. The number of hydrogen-bond donors (Lipinski definition) is 1. The van der Waals surface area contributed by atoms with E-state index in [0.29, 0.717) is 5.54 Å². The predicted octanol–water partition coefficient (Wildman–Crippen LogP) is 6.08. The van der Waals surface area contributed by atoms with Gasteiger partial charge < -0.3 is 10.6 Å². The number of rotatable bonds is 3. The second-order valence-corrected chi connectivity index (χ2v) is 11.3. The summed E-state index contributed by atoms with van der Waals surface area (Å²) in [5.74, 6) is 3.06. The smallest absolute Gasteiger partial charge is 0.0162 e. The fourth-order valence-corrected chi connectivity index (χ4v) is 7.28. The Morgan fingerprint density at radius 3 is 1.72 bits per heavy atom. The summed E-state index contributed by atoms with van der Waals surface area (Å²) in [7, 11) is 4.26. The van der Waals surface area contributed by atoms with Gasteiger partial charge in [-0.2, -0.15) is 0 Å². The summed E-state index contributed by atoms with van der Waals surface area (Å²) in [6.07, 6.45) is 14.4. The van der Waals surface area contributed by atoms with Crippen LogP contribution in [0.1, 0.15) is 67.2 Å². The molecule has 170 valence electrons. The molecule has 5 aliphatic rings. The Labute approximate surface area is 194 Å². The van der Waals surface area contributed by atoms with Crippen LogP contribution in [0.25, 0.3) is 5.57 Å². The van der Waals surface area contributed by atoms with E-state index in [1.807, 2.05) is 0 Å². The van der Waals surface area contributed by atoms with Gasteiger partial charge in [-0.1, -0.05) is 54.6 Å². The molecule has 5 aliphatic carbocycles. The van der Waals surface area contributed by atoms with Crippen molar-refractivity contribution in [1.82, 2.24) is 4.90 Å². The Kier molecular flexibility index (Phi) is 6.27. The molecule has 2 heteroatoms. The summed E-state index contributed by atoms with van der Waals surface area (Å²) < 4.78 is 0. The topological polar surface area (TPSA) is 29.3 Å². The molecule has 2 aromatic rings. The lowest BCUT2D eigenvalue weighted by atomic mass is 9.53. The maximum atomic E-state index is 6.32. The zero-order valence-corrected chi connectivity index (χ0v) is 20.0. The minimum absolute atomic E-state index is 0.300. The first-order valence-corrected chi connectivity index (χ1v) is 12.8. The van der Waals surface area contributed by atoms with E-state index in [1.165, 1.54) is 66.4 Å². The fourth-order valence-electron chi connectivity index (χ4n) is 7.28. The van der Waals surface area contributed by atoms with Crippen molar-refractivity contribution >= 4 is 5.57 Å². The highest BCUT2D eigenvalue weighted by atomic mass is 15.0. The molecule has 0 aromatic heterocycles. The molecule has 0 spiro atoms. The van der Waals surface area contributed by atoms with Gasteiger partial charge in [-0.3, -0.25) is 0 Å². The molecular weight excluding hydrogens is 388 g/mol. The Morgan fingerprint density at radius 2 is 1.28 bits per heavy atom. The van der Waals surface area contributed by atoms with Crippen molar-refractivity contribution in [2.75, 3.05) is 20.6 Å². The largest absolute Gasteiger partial charge is 0.325 e. The van der Waals surface area contributed by atoms with E-state index in [9.17, 15) is 0 Å². The highest BCUT2D eigenvalue weighted by Crippen LogP contribution is 2.54. The summed E-state index contributed by atoms with van der Waals surface area (Å²) in [5.41, 5.74) is 13.8. The highest BCUT2D eigenvalue weighted by Gasteiger charge is 2.48. The van der Waals surface area contributed by atoms with E-state index in [2.05, 4.69) is 73.6 Å². The molecular formula is C30H40N2. The third-order valence-electron chi connectivity index (χ3n) is 8.29. The van der Waals surface area contributed by atoms with E-state index in [-0.39, 0.29) is 0 Å². The molecule has 0 heterocycles.